The summed E-state index contributed by atoms with van der Waals surface area (Å²) in [6, 6.07) is 6.51. The van der Waals surface area contributed by atoms with Crippen LogP contribution in [0.5, 0.6) is 5.75 Å². The molecule has 0 saturated heterocycles. The molecule has 114 valence electrons. The minimum Gasteiger partial charge on any atom is -0.496 e. The predicted molar refractivity (Wildman–Crippen MR) is 86.6 cm³/mol. The number of benzene rings is 1. The SMILES string of the molecule is CCN(c1cccc(OC)c1C(C)N)C(C)CN(C)C. The summed E-state index contributed by atoms with van der Waals surface area (Å²) in [5.41, 5.74) is 8.43. The van der Waals surface area contributed by atoms with Gasteiger partial charge in [0.15, 0.2) is 0 Å². The van der Waals surface area contributed by atoms with Gasteiger partial charge in [0.2, 0.25) is 0 Å². The van der Waals surface area contributed by atoms with Crippen LogP contribution in [0.15, 0.2) is 18.2 Å². The molecule has 0 amide bonds. The second kappa shape index (κ2) is 7.50. The first-order valence-corrected chi connectivity index (χ1v) is 7.26. The monoisotopic (exact) mass is 279 g/mol. The predicted octanol–water partition coefficient (Wildman–Crippen LogP) is 2.49. The Kier molecular flexibility index (Phi) is 6.30. The molecule has 0 aromatic heterocycles. The average Bonchev–Trinajstić information content (AvgIpc) is 2.37. The Bertz CT molecular complexity index is 418. The van der Waals surface area contributed by atoms with Crippen molar-refractivity contribution < 1.29 is 4.74 Å². The largest absolute Gasteiger partial charge is 0.496 e. The summed E-state index contributed by atoms with van der Waals surface area (Å²) in [6.45, 7) is 8.38. The molecule has 4 heteroatoms. The second-order valence-electron chi connectivity index (χ2n) is 5.58. The maximum absolute atomic E-state index is 6.17. The zero-order chi connectivity index (χ0) is 15.3. The summed E-state index contributed by atoms with van der Waals surface area (Å²) >= 11 is 0. The lowest BCUT2D eigenvalue weighted by Crippen LogP contribution is -2.40. The number of hydrogen-bond acceptors (Lipinski definition) is 4. The molecule has 1 rings (SSSR count). The van der Waals surface area contributed by atoms with Gasteiger partial charge < -0.3 is 20.3 Å². The molecular formula is C16H29N3O. The molecule has 0 spiro atoms. The fourth-order valence-corrected chi connectivity index (χ4v) is 2.77. The van der Waals surface area contributed by atoms with Crippen LogP contribution in [0.25, 0.3) is 0 Å². The van der Waals surface area contributed by atoms with E-state index in [2.05, 4.69) is 43.8 Å². The molecule has 20 heavy (non-hydrogen) atoms. The van der Waals surface area contributed by atoms with Crippen molar-refractivity contribution in [3.63, 3.8) is 0 Å². The molecule has 0 bridgehead atoms. The van der Waals surface area contributed by atoms with Gasteiger partial charge in [-0.3, -0.25) is 0 Å². The van der Waals surface area contributed by atoms with Crippen molar-refractivity contribution in [1.82, 2.24) is 4.90 Å². The zero-order valence-electron chi connectivity index (χ0n) is 13.7. The molecule has 1 aromatic carbocycles. The summed E-state index contributed by atoms with van der Waals surface area (Å²) in [5.74, 6) is 0.869. The highest BCUT2D eigenvalue weighted by Crippen LogP contribution is 2.34. The Balaban J connectivity index is 3.21. The first-order chi connectivity index (χ1) is 9.42. The minimum absolute atomic E-state index is 0.0539. The van der Waals surface area contributed by atoms with Crippen LogP contribution in [0, 0.1) is 0 Å². The molecule has 2 atom stereocenters. The van der Waals surface area contributed by atoms with Gasteiger partial charge in [-0.25, -0.2) is 0 Å². The van der Waals surface area contributed by atoms with E-state index in [1.54, 1.807) is 7.11 Å². The number of rotatable bonds is 7. The lowest BCUT2D eigenvalue weighted by atomic mass is 10.0. The highest BCUT2D eigenvalue weighted by atomic mass is 16.5. The Morgan fingerprint density at radius 2 is 1.90 bits per heavy atom. The van der Waals surface area contributed by atoms with Crippen molar-refractivity contribution in [2.45, 2.75) is 32.9 Å². The molecule has 0 aliphatic heterocycles. The van der Waals surface area contributed by atoms with Crippen LogP contribution in [-0.2, 0) is 0 Å². The van der Waals surface area contributed by atoms with Gasteiger partial charge >= 0.3 is 0 Å². The van der Waals surface area contributed by atoms with Crippen LogP contribution in [0.1, 0.15) is 32.4 Å². The molecular weight excluding hydrogens is 250 g/mol. The summed E-state index contributed by atoms with van der Waals surface area (Å²) in [4.78, 5) is 4.60. The lowest BCUT2D eigenvalue weighted by Gasteiger charge is -2.34. The number of hydrogen-bond donors (Lipinski definition) is 1. The van der Waals surface area contributed by atoms with Gasteiger partial charge in [-0.1, -0.05) is 6.07 Å². The quantitative estimate of drug-likeness (QED) is 0.832. The van der Waals surface area contributed by atoms with E-state index < -0.39 is 0 Å². The standard InChI is InChI=1S/C16H29N3O/c1-7-19(12(2)11-18(4)5)14-9-8-10-15(20-6)16(14)13(3)17/h8-10,12-13H,7,11,17H2,1-6H3. The summed E-state index contributed by atoms with van der Waals surface area (Å²) < 4.78 is 5.49. The number of nitrogens with zero attached hydrogens (tertiary/aromatic N) is 2. The van der Waals surface area contributed by atoms with Gasteiger partial charge in [-0.2, -0.15) is 0 Å². The van der Waals surface area contributed by atoms with Crippen molar-refractivity contribution in [3.05, 3.63) is 23.8 Å². The van der Waals surface area contributed by atoms with Crippen LogP contribution in [0.2, 0.25) is 0 Å². The molecule has 4 nitrogen and oxygen atoms in total. The average molecular weight is 279 g/mol. The Morgan fingerprint density at radius 3 is 2.35 bits per heavy atom. The van der Waals surface area contributed by atoms with Gasteiger partial charge in [-0.15, -0.1) is 0 Å². The van der Waals surface area contributed by atoms with E-state index in [-0.39, 0.29) is 6.04 Å². The topological polar surface area (TPSA) is 41.7 Å². The van der Waals surface area contributed by atoms with E-state index in [0.717, 1.165) is 24.4 Å². The summed E-state index contributed by atoms with van der Waals surface area (Å²) in [5, 5.41) is 0. The maximum Gasteiger partial charge on any atom is 0.125 e. The molecule has 0 aliphatic carbocycles. The molecule has 2 unspecified atom stereocenters. The lowest BCUT2D eigenvalue weighted by molar-refractivity contribution is 0.371. The Hall–Kier alpha value is -1.26. The third kappa shape index (κ3) is 3.87. The number of nitrogens with two attached hydrogens (primary N) is 1. The number of likely N-dealkylation sites (N-methyl/N-ethyl adjacent to an activating group) is 2. The molecule has 0 aliphatic rings. The van der Waals surface area contributed by atoms with E-state index in [4.69, 9.17) is 10.5 Å². The zero-order valence-corrected chi connectivity index (χ0v) is 13.7. The van der Waals surface area contributed by atoms with Crippen LogP contribution < -0.4 is 15.4 Å². The molecule has 0 heterocycles. The highest BCUT2D eigenvalue weighted by Gasteiger charge is 2.21. The van der Waals surface area contributed by atoms with Gasteiger partial charge in [-0.05, 0) is 47.0 Å². The van der Waals surface area contributed by atoms with Crippen molar-refractivity contribution >= 4 is 5.69 Å². The maximum atomic E-state index is 6.17. The van der Waals surface area contributed by atoms with E-state index >= 15 is 0 Å². The second-order valence-corrected chi connectivity index (χ2v) is 5.58. The van der Waals surface area contributed by atoms with Crippen molar-refractivity contribution in [1.29, 1.82) is 0 Å². The molecule has 0 fully saturated rings. The van der Waals surface area contributed by atoms with Gasteiger partial charge in [0, 0.05) is 36.4 Å². The fourth-order valence-electron chi connectivity index (χ4n) is 2.77. The molecule has 1 aromatic rings. The van der Waals surface area contributed by atoms with Gasteiger partial charge in [0.1, 0.15) is 5.75 Å². The Labute approximate surface area is 123 Å². The third-order valence-electron chi connectivity index (χ3n) is 3.53. The number of ether oxygens (including phenoxy) is 1. The Morgan fingerprint density at radius 1 is 1.25 bits per heavy atom. The summed E-state index contributed by atoms with van der Waals surface area (Å²) in [7, 11) is 5.90. The van der Waals surface area contributed by atoms with Crippen LogP contribution in [0.3, 0.4) is 0 Å². The normalized spacial score (nSPS) is 14.2. The highest BCUT2D eigenvalue weighted by molar-refractivity contribution is 5.61. The first-order valence-electron chi connectivity index (χ1n) is 7.26. The van der Waals surface area contributed by atoms with E-state index in [0.29, 0.717) is 6.04 Å². The van der Waals surface area contributed by atoms with Crippen LogP contribution >= 0.6 is 0 Å². The van der Waals surface area contributed by atoms with Crippen molar-refractivity contribution in [3.8, 4) is 5.75 Å². The van der Waals surface area contributed by atoms with Crippen LogP contribution in [-0.4, -0.2) is 45.2 Å². The number of methoxy groups -OCH3 is 1. The molecule has 0 saturated carbocycles. The molecule has 0 radical (unpaired) electrons. The van der Waals surface area contributed by atoms with E-state index in [1.165, 1.54) is 5.69 Å². The van der Waals surface area contributed by atoms with Gasteiger partial charge in [0.25, 0.3) is 0 Å². The van der Waals surface area contributed by atoms with Crippen molar-refractivity contribution in [2.24, 2.45) is 5.73 Å². The van der Waals surface area contributed by atoms with E-state index in [9.17, 15) is 0 Å². The minimum atomic E-state index is -0.0539. The van der Waals surface area contributed by atoms with Crippen LogP contribution in [0.4, 0.5) is 5.69 Å². The van der Waals surface area contributed by atoms with E-state index in [1.807, 2.05) is 19.1 Å². The third-order valence-corrected chi connectivity index (χ3v) is 3.53. The fraction of sp³-hybridized carbons (Fsp3) is 0.625. The first kappa shape index (κ1) is 16.8. The van der Waals surface area contributed by atoms with Gasteiger partial charge in [0.05, 0.1) is 7.11 Å². The molecule has 2 N–H and O–H groups in total. The smallest absolute Gasteiger partial charge is 0.125 e. The van der Waals surface area contributed by atoms with Crippen molar-refractivity contribution in [2.75, 3.05) is 39.2 Å². The number of anilines is 1. The summed E-state index contributed by atoms with van der Waals surface area (Å²) in [6.07, 6.45) is 0.